The third-order valence-electron chi connectivity index (χ3n) is 5.25. The van der Waals surface area contributed by atoms with Crippen LogP contribution in [0.2, 0.25) is 0 Å². The number of carbonyl (C=O) groups excluding carboxylic acids is 1. The largest absolute Gasteiger partial charge is 0.351 e. The third kappa shape index (κ3) is 4.57. The predicted molar refractivity (Wildman–Crippen MR) is 123 cm³/mol. The topological polar surface area (TPSA) is 75.5 Å². The molecule has 1 N–H and O–H groups in total. The lowest BCUT2D eigenvalue weighted by atomic mass is 9.95. The molecule has 1 aliphatic heterocycles. The number of nitro groups is 1. The maximum Gasteiger partial charge on any atom is 0.269 e. The number of nitrogens with zero attached hydrogens (tertiary/aromatic N) is 2. The summed E-state index contributed by atoms with van der Waals surface area (Å²) < 4.78 is 0. The molecule has 0 saturated heterocycles. The Bertz CT molecular complexity index is 1000. The minimum absolute atomic E-state index is 0. The second-order valence-corrected chi connectivity index (χ2v) is 9.01. The summed E-state index contributed by atoms with van der Waals surface area (Å²) in [6, 6.07) is 12.8. The molecule has 2 aromatic heterocycles. The van der Waals surface area contributed by atoms with E-state index in [1.807, 2.05) is 0 Å². The Labute approximate surface area is 189 Å². The van der Waals surface area contributed by atoms with Gasteiger partial charge >= 0.3 is 0 Å². The molecule has 158 valence electrons. The fourth-order valence-electron chi connectivity index (χ4n) is 3.82. The van der Waals surface area contributed by atoms with Crippen LogP contribution >= 0.6 is 35.1 Å². The SMILES string of the molecule is CC1Cc2ccsc2C(c2cccs2)N1CCNC(=O)c1ccc([N+](=O)[O-])cc1.Cl. The lowest BCUT2D eigenvalue weighted by molar-refractivity contribution is -0.384. The van der Waals surface area contributed by atoms with Crippen molar-refractivity contribution in [3.8, 4) is 0 Å². The van der Waals surface area contributed by atoms with Gasteiger partial charge in [-0.3, -0.25) is 19.8 Å². The van der Waals surface area contributed by atoms with E-state index >= 15 is 0 Å². The molecule has 6 nitrogen and oxygen atoms in total. The lowest BCUT2D eigenvalue weighted by Gasteiger charge is -2.40. The lowest BCUT2D eigenvalue weighted by Crippen LogP contribution is -2.45. The summed E-state index contributed by atoms with van der Waals surface area (Å²) in [5, 5.41) is 18.0. The zero-order valence-corrected chi connectivity index (χ0v) is 18.8. The predicted octanol–water partition coefficient (Wildman–Crippen LogP) is 4.91. The first kappa shape index (κ1) is 22.4. The number of nitro benzene ring substituents is 1. The van der Waals surface area contributed by atoms with Gasteiger partial charge in [0, 0.05) is 46.6 Å². The van der Waals surface area contributed by atoms with E-state index in [-0.39, 0.29) is 30.0 Å². The average molecular weight is 464 g/mol. The first-order valence-corrected chi connectivity index (χ1v) is 11.2. The molecule has 3 heterocycles. The minimum Gasteiger partial charge on any atom is -0.351 e. The monoisotopic (exact) mass is 463 g/mol. The van der Waals surface area contributed by atoms with Crippen LogP contribution in [0.3, 0.4) is 0 Å². The summed E-state index contributed by atoms with van der Waals surface area (Å²) >= 11 is 3.57. The molecule has 0 saturated carbocycles. The van der Waals surface area contributed by atoms with Crippen LogP contribution in [0.25, 0.3) is 0 Å². The molecule has 1 aromatic carbocycles. The highest BCUT2D eigenvalue weighted by atomic mass is 35.5. The molecule has 2 atom stereocenters. The first-order valence-electron chi connectivity index (χ1n) is 9.42. The normalized spacial score (nSPS) is 18.3. The highest BCUT2D eigenvalue weighted by Crippen LogP contribution is 2.41. The maximum atomic E-state index is 12.4. The number of benzene rings is 1. The zero-order valence-electron chi connectivity index (χ0n) is 16.3. The molecule has 0 radical (unpaired) electrons. The van der Waals surface area contributed by atoms with E-state index < -0.39 is 4.92 Å². The molecule has 3 aromatic rings. The van der Waals surface area contributed by atoms with E-state index in [0.717, 1.165) is 13.0 Å². The van der Waals surface area contributed by atoms with E-state index in [1.165, 1.54) is 39.6 Å². The fraction of sp³-hybridized carbons (Fsp3) is 0.286. The van der Waals surface area contributed by atoms with E-state index in [0.29, 0.717) is 18.2 Å². The second kappa shape index (κ2) is 9.70. The van der Waals surface area contributed by atoms with Crippen LogP contribution in [0.5, 0.6) is 0 Å². The Hall–Kier alpha value is -2.26. The number of hydrogen-bond donors (Lipinski definition) is 1. The van der Waals surface area contributed by atoms with Gasteiger partial charge in [-0.25, -0.2) is 0 Å². The zero-order chi connectivity index (χ0) is 20.4. The summed E-state index contributed by atoms with van der Waals surface area (Å²) in [6.07, 6.45) is 1.01. The molecule has 30 heavy (non-hydrogen) atoms. The minimum atomic E-state index is -0.469. The van der Waals surface area contributed by atoms with E-state index in [4.69, 9.17) is 0 Å². The Kier molecular flexibility index (Phi) is 7.25. The van der Waals surface area contributed by atoms with Crippen LogP contribution in [0.1, 0.15) is 38.6 Å². The van der Waals surface area contributed by atoms with Gasteiger partial charge in [0.25, 0.3) is 11.6 Å². The third-order valence-corrected chi connectivity index (χ3v) is 7.19. The molecule has 0 spiro atoms. The molecule has 1 aliphatic rings. The van der Waals surface area contributed by atoms with Crippen LogP contribution in [-0.4, -0.2) is 34.9 Å². The smallest absolute Gasteiger partial charge is 0.269 e. The number of amides is 1. The fourth-order valence-corrected chi connectivity index (χ4v) is 5.82. The van der Waals surface area contributed by atoms with Crippen molar-refractivity contribution in [2.24, 2.45) is 0 Å². The number of halogens is 1. The van der Waals surface area contributed by atoms with Crippen molar-refractivity contribution < 1.29 is 9.72 Å². The van der Waals surface area contributed by atoms with Gasteiger partial charge in [0.1, 0.15) is 0 Å². The van der Waals surface area contributed by atoms with E-state index in [9.17, 15) is 14.9 Å². The number of carbonyl (C=O) groups is 1. The Balaban J connectivity index is 0.00000256. The molecular formula is C21H22ClN3O3S2. The molecule has 9 heteroatoms. The van der Waals surface area contributed by atoms with Gasteiger partial charge in [-0.1, -0.05) is 6.07 Å². The summed E-state index contributed by atoms with van der Waals surface area (Å²) in [7, 11) is 0. The van der Waals surface area contributed by atoms with Gasteiger partial charge in [-0.2, -0.15) is 0 Å². The second-order valence-electron chi connectivity index (χ2n) is 7.08. The summed E-state index contributed by atoms with van der Waals surface area (Å²) in [6.45, 7) is 3.49. The van der Waals surface area contributed by atoms with Gasteiger partial charge < -0.3 is 5.32 Å². The maximum absolute atomic E-state index is 12.4. The quantitative estimate of drug-likeness (QED) is 0.416. The Morgan fingerprint density at radius 3 is 2.63 bits per heavy atom. The van der Waals surface area contributed by atoms with Crippen LogP contribution < -0.4 is 5.32 Å². The molecule has 0 fully saturated rings. The van der Waals surface area contributed by atoms with Gasteiger partial charge in [-0.15, -0.1) is 35.1 Å². The van der Waals surface area contributed by atoms with Crippen molar-refractivity contribution in [1.82, 2.24) is 10.2 Å². The molecule has 2 unspecified atom stereocenters. The summed E-state index contributed by atoms with van der Waals surface area (Å²) in [5.74, 6) is -0.214. The summed E-state index contributed by atoms with van der Waals surface area (Å²) in [5.41, 5.74) is 1.83. The Morgan fingerprint density at radius 2 is 1.97 bits per heavy atom. The molecular weight excluding hydrogens is 442 g/mol. The highest BCUT2D eigenvalue weighted by Gasteiger charge is 2.34. The number of fused-ring (bicyclic) bond motifs is 1. The van der Waals surface area contributed by atoms with Crippen molar-refractivity contribution in [2.45, 2.75) is 25.4 Å². The number of thiophene rings is 2. The van der Waals surface area contributed by atoms with Crippen molar-refractivity contribution in [1.29, 1.82) is 0 Å². The molecule has 0 aliphatic carbocycles. The standard InChI is InChI=1S/C21H21N3O3S2.ClH/c1-14-13-16-8-12-29-20(16)19(18-3-2-11-28-18)23(14)10-9-22-21(25)15-4-6-17(7-5-15)24(26)27;/h2-8,11-12,14,19H,9-10,13H2,1H3,(H,22,25);1H. The number of non-ortho nitro benzene ring substituents is 1. The van der Waals surface area contributed by atoms with Gasteiger partial charge in [-0.05, 0) is 53.9 Å². The van der Waals surface area contributed by atoms with Crippen LogP contribution in [0.15, 0.2) is 53.2 Å². The van der Waals surface area contributed by atoms with Crippen molar-refractivity contribution in [2.75, 3.05) is 13.1 Å². The highest BCUT2D eigenvalue weighted by molar-refractivity contribution is 7.11. The number of nitrogens with one attached hydrogen (secondary N) is 1. The molecule has 0 bridgehead atoms. The molecule has 4 rings (SSSR count). The number of rotatable bonds is 6. The van der Waals surface area contributed by atoms with E-state index in [1.54, 1.807) is 22.7 Å². The van der Waals surface area contributed by atoms with Crippen LogP contribution in [0.4, 0.5) is 5.69 Å². The molecule has 1 amide bonds. The van der Waals surface area contributed by atoms with E-state index in [2.05, 4.69) is 46.1 Å². The van der Waals surface area contributed by atoms with Crippen molar-refractivity contribution in [3.05, 3.63) is 84.2 Å². The van der Waals surface area contributed by atoms with Crippen molar-refractivity contribution >= 4 is 46.7 Å². The Morgan fingerprint density at radius 1 is 1.20 bits per heavy atom. The van der Waals surface area contributed by atoms with Gasteiger partial charge in [0.05, 0.1) is 11.0 Å². The van der Waals surface area contributed by atoms with Crippen LogP contribution in [-0.2, 0) is 6.42 Å². The van der Waals surface area contributed by atoms with Crippen LogP contribution in [0, 0.1) is 10.1 Å². The number of hydrogen-bond acceptors (Lipinski definition) is 6. The average Bonchev–Trinajstić information content (AvgIpc) is 3.40. The van der Waals surface area contributed by atoms with Gasteiger partial charge in [0.2, 0.25) is 0 Å². The summed E-state index contributed by atoms with van der Waals surface area (Å²) in [4.78, 5) is 27.9. The van der Waals surface area contributed by atoms with Crippen molar-refractivity contribution in [3.63, 3.8) is 0 Å². The van der Waals surface area contributed by atoms with Gasteiger partial charge in [0.15, 0.2) is 0 Å². The first-order chi connectivity index (χ1) is 14.0.